The second-order valence-corrected chi connectivity index (χ2v) is 7.86. The van der Waals surface area contributed by atoms with Crippen molar-refractivity contribution >= 4 is 17.5 Å². The average molecular weight is 326 g/mol. The van der Waals surface area contributed by atoms with E-state index in [4.69, 9.17) is 0 Å². The predicted molar refractivity (Wildman–Crippen MR) is 84.4 cm³/mol. The fourth-order valence-corrected chi connectivity index (χ4v) is 6.03. The Hall–Kier alpha value is -2.24. The minimum atomic E-state index is -0.565. The third-order valence-corrected chi connectivity index (χ3v) is 6.60. The van der Waals surface area contributed by atoms with E-state index in [1.165, 1.54) is 23.5 Å². The van der Waals surface area contributed by atoms with Gasteiger partial charge in [-0.25, -0.2) is 0 Å². The lowest BCUT2D eigenvalue weighted by Crippen LogP contribution is -2.57. The van der Waals surface area contributed by atoms with Gasteiger partial charge in [0.25, 0.3) is 17.5 Å². The van der Waals surface area contributed by atoms with Gasteiger partial charge >= 0.3 is 0 Å². The van der Waals surface area contributed by atoms with Crippen LogP contribution in [0.5, 0.6) is 0 Å². The number of nitro benzene ring substituents is 1. The monoisotopic (exact) mass is 326 g/mol. The molecule has 0 atom stereocenters. The van der Waals surface area contributed by atoms with Crippen LogP contribution < -0.4 is 0 Å². The lowest BCUT2D eigenvalue weighted by Gasteiger charge is -2.56. The first-order valence-electron chi connectivity index (χ1n) is 8.70. The number of benzene rings is 1. The molecule has 0 radical (unpaired) electrons. The van der Waals surface area contributed by atoms with E-state index < -0.39 is 10.8 Å². The Morgan fingerprint density at radius 2 is 1.58 bits per heavy atom. The van der Waals surface area contributed by atoms with Crippen molar-refractivity contribution in [3.63, 3.8) is 0 Å². The largest absolute Gasteiger partial charge is 0.282 e. The van der Waals surface area contributed by atoms with Crippen LogP contribution in [0.1, 0.15) is 52.8 Å². The fourth-order valence-electron chi connectivity index (χ4n) is 6.03. The highest BCUT2D eigenvalue weighted by molar-refractivity contribution is 6.23. The Kier molecular flexibility index (Phi) is 2.74. The van der Waals surface area contributed by atoms with E-state index in [9.17, 15) is 19.7 Å². The first kappa shape index (κ1) is 14.1. The SMILES string of the molecule is O=C1c2cccc([N+](=O)[O-])c2C(=O)N1C1C2CC3CC(C2)CC1C3. The van der Waals surface area contributed by atoms with Gasteiger partial charge in [-0.15, -0.1) is 0 Å². The number of amides is 2. The van der Waals surface area contributed by atoms with E-state index in [1.54, 1.807) is 6.07 Å². The molecule has 1 aromatic rings. The zero-order valence-corrected chi connectivity index (χ0v) is 13.2. The zero-order chi connectivity index (χ0) is 16.6. The van der Waals surface area contributed by atoms with Gasteiger partial charge < -0.3 is 0 Å². The van der Waals surface area contributed by atoms with Crippen molar-refractivity contribution in [2.45, 2.75) is 38.1 Å². The third-order valence-electron chi connectivity index (χ3n) is 6.60. The molecular weight excluding hydrogens is 308 g/mol. The minimum absolute atomic E-state index is 0.0127. The van der Waals surface area contributed by atoms with Crippen LogP contribution in [0.3, 0.4) is 0 Å². The summed E-state index contributed by atoms with van der Waals surface area (Å²) in [6.45, 7) is 0. The Morgan fingerprint density at radius 1 is 0.958 bits per heavy atom. The second-order valence-electron chi connectivity index (χ2n) is 7.86. The summed E-state index contributed by atoms with van der Waals surface area (Å²) in [7, 11) is 0. The molecule has 1 heterocycles. The van der Waals surface area contributed by atoms with Crippen molar-refractivity contribution in [1.29, 1.82) is 0 Å². The maximum atomic E-state index is 13.0. The number of hydrogen-bond acceptors (Lipinski definition) is 4. The molecule has 1 aliphatic heterocycles. The number of rotatable bonds is 2. The first-order valence-corrected chi connectivity index (χ1v) is 8.70. The summed E-state index contributed by atoms with van der Waals surface area (Å²) in [5.74, 6) is 1.45. The third kappa shape index (κ3) is 1.71. The van der Waals surface area contributed by atoms with Gasteiger partial charge in [0.15, 0.2) is 0 Å². The van der Waals surface area contributed by atoms with E-state index in [2.05, 4.69) is 0 Å². The highest BCUT2D eigenvalue weighted by atomic mass is 16.6. The summed E-state index contributed by atoms with van der Waals surface area (Å²) in [5.41, 5.74) is -0.0681. The van der Waals surface area contributed by atoms with Crippen molar-refractivity contribution in [3.05, 3.63) is 39.4 Å². The molecule has 6 nitrogen and oxygen atoms in total. The number of nitro groups is 1. The predicted octanol–water partition coefficient (Wildman–Crippen LogP) is 3.02. The number of fused-ring (bicyclic) bond motifs is 1. The topological polar surface area (TPSA) is 80.5 Å². The van der Waals surface area contributed by atoms with E-state index in [-0.39, 0.29) is 28.8 Å². The van der Waals surface area contributed by atoms with Gasteiger partial charge in [0.2, 0.25) is 0 Å². The van der Waals surface area contributed by atoms with Crippen LogP contribution >= 0.6 is 0 Å². The molecule has 1 aromatic carbocycles. The molecule has 0 unspecified atom stereocenters. The number of carbonyl (C=O) groups is 2. The van der Waals surface area contributed by atoms with Gasteiger partial charge in [-0.05, 0) is 61.8 Å². The van der Waals surface area contributed by atoms with Crippen LogP contribution in [-0.2, 0) is 0 Å². The Morgan fingerprint density at radius 3 is 2.17 bits per heavy atom. The van der Waals surface area contributed by atoms with Gasteiger partial charge in [-0.2, -0.15) is 0 Å². The quantitative estimate of drug-likeness (QED) is 0.475. The van der Waals surface area contributed by atoms with Crippen LogP contribution in [0.25, 0.3) is 0 Å². The van der Waals surface area contributed by atoms with Crippen LogP contribution in [0.2, 0.25) is 0 Å². The molecule has 0 spiro atoms. The van der Waals surface area contributed by atoms with Crippen molar-refractivity contribution in [1.82, 2.24) is 4.90 Å². The molecule has 0 saturated heterocycles. The number of imide groups is 1. The van der Waals surface area contributed by atoms with Gasteiger partial charge in [-0.3, -0.25) is 24.6 Å². The smallest absolute Gasteiger partial charge is 0.270 e. The molecule has 4 bridgehead atoms. The maximum absolute atomic E-state index is 13.0. The lowest BCUT2D eigenvalue weighted by molar-refractivity contribution is -0.385. The van der Waals surface area contributed by atoms with Crippen molar-refractivity contribution < 1.29 is 14.5 Å². The summed E-state index contributed by atoms with van der Waals surface area (Å²) in [5, 5.41) is 11.3. The van der Waals surface area contributed by atoms with Crippen LogP contribution in [0.15, 0.2) is 18.2 Å². The van der Waals surface area contributed by atoms with E-state index in [1.807, 2.05) is 0 Å². The van der Waals surface area contributed by atoms with Gasteiger partial charge in [0.05, 0.1) is 10.5 Å². The lowest BCUT2D eigenvalue weighted by atomic mass is 9.54. The summed E-state index contributed by atoms with van der Waals surface area (Å²) in [6, 6.07) is 4.27. The first-order chi connectivity index (χ1) is 11.5. The van der Waals surface area contributed by atoms with Crippen molar-refractivity contribution in [2.24, 2.45) is 23.7 Å². The molecule has 4 fully saturated rings. The van der Waals surface area contributed by atoms with Crippen molar-refractivity contribution in [3.8, 4) is 0 Å². The second kappa shape index (κ2) is 4.65. The number of carbonyl (C=O) groups excluding carboxylic acids is 2. The zero-order valence-electron chi connectivity index (χ0n) is 13.2. The Bertz CT molecular complexity index is 759. The van der Waals surface area contributed by atoms with Gasteiger partial charge in [-0.1, -0.05) is 6.07 Å². The Labute approximate surface area is 139 Å². The van der Waals surface area contributed by atoms with E-state index in [0.29, 0.717) is 11.8 Å². The Balaban J connectivity index is 1.57. The molecule has 4 saturated carbocycles. The summed E-state index contributed by atoms with van der Waals surface area (Å²) < 4.78 is 0. The van der Waals surface area contributed by atoms with Gasteiger partial charge in [0.1, 0.15) is 5.56 Å². The molecule has 24 heavy (non-hydrogen) atoms. The molecule has 2 amide bonds. The standard InChI is InChI=1S/C18H18N2O4/c21-17-13-2-1-3-14(20(23)24)15(13)18(22)19(17)16-11-5-9-4-10(7-11)8-12(16)6-9/h1-3,9-12,16H,4-8H2. The van der Waals surface area contributed by atoms with E-state index >= 15 is 0 Å². The fraction of sp³-hybridized carbons (Fsp3) is 0.556. The van der Waals surface area contributed by atoms with Crippen molar-refractivity contribution in [2.75, 3.05) is 0 Å². The summed E-state index contributed by atoms with van der Waals surface area (Å²) in [6.07, 6.45) is 5.66. The number of nitrogens with zero attached hydrogens (tertiary/aromatic N) is 2. The maximum Gasteiger partial charge on any atom is 0.282 e. The molecule has 6 rings (SSSR count). The van der Waals surface area contributed by atoms with E-state index in [0.717, 1.165) is 37.5 Å². The summed E-state index contributed by atoms with van der Waals surface area (Å²) >= 11 is 0. The molecule has 4 aliphatic carbocycles. The molecular formula is C18H18N2O4. The highest BCUT2D eigenvalue weighted by Gasteiger charge is 2.55. The molecule has 0 aromatic heterocycles. The molecule has 0 N–H and O–H groups in total. The normalized spacial score (nSPS) is 36.3. The average Bonchev–Trinajstić information content (AvgIpc) is 2.79. The van der Waals surface area contributed by atoms with Crippen LogP contribution in [-0.4, -0.2) is 27.7 Å². The van der Waals surface area contributed by atoms with Crippen LogP contribution in [0, 0.1) is 33.8 Å². The molecule has 124 valence electrons. The van der Waals surface area contributed by atoms with Gasteiger partial charge in [0, 0.05) is 12.1 Å². The van der Waals surface area contributed by atoms with Crippen LogP contribution in [0.4, 0.5) is 5.69 Å². The molecule has 6 heteroatoms. The molecule has 5 aliphatic rings. The number of hydrogen-bond donors (Lipinski definition) is 0. The highest BCUT2D eigenvalue weighted by Crippen LogP contribution is 2.56. The minimum Gasteiger partial charge on any atom is -0.270 e. The summed E-state index contributed by atoms with van der Waals surface area (Å²) in [4.78, 5) is 37.9.